The molecule has 33 heavy (non-hydrogen) atoms. The molecule has 0 aromatic heterocycles. The van der Waals surface area contributed by atoms with Crippen molar-refractivity contribution in [3.63, 3.8) is 0 Å². The minimum absolute atomic E-state index is 0.00527. The van der Waals surface area contributed by atoms with E-state index in [-0.39, 0.29) is 11.8 Å². The maximum atomic E-state index is 13.0. The Morgan fingerprint density at radius 2 is 1.67 bits per heavy atom. The minimum atomic E-state index is -0.191. The van der Waals surface area contributed by atoms with Gasteiger partial charge in [-0.1, -0.05) is 48.0 Å². The molecule has 7 heteroatoms. The van der Waals surface area contributed by atoms with Crippen LogP contribution in [0, 0.1) is 0 Å². The molecule has 0 saturated carbocycles. The van der Waals surface area contributed by atoms with Crippen molar-refractivity contribution in [3.8, 4) is 0 Å². The van der Waals surface area contributed by atoms with E-state index in [2.05, 4.69) is 10.6 Å². The van der Waals surface area contributed by atoms with Crippen LogP contribution in [0.15, 0.2) is 72.8 Å². The number of carbonyl (C=O) groups is 2. The number of nitrogens with one attached hydrogen (secondary N) is 2. The van der Waals surface area contributed by atoms with Gasteiger partial charge in [0, 0.05) is 29.0 Å². The number of halogens is 1. The average molecular weight is 461 g/mol. The molecule has 0 saturated heterocycles. The summed E-state index contributed by atoms with van der Waals surface area (Å²) in [6, 6.07) is 22.6. The summed E-state index contributed by atoms with van der Waals surface area (Å²) in [5.74, 6) is -0.185. The monoisotopic (exact) mass is 460 g/mol. The number of nitrogens with zero attached hydrogens (tertiary/aromatic N) is 2. The van der Waals surface area contributed by atoms with Gasteiger partial charge in [-0.05, 0) is 56.1 Å². The topological polar surface area (TPSA) is 64.7 Å². The van der Waals surface area contributed by atoms with E-state index >= 15 is 0 Å². The number of fused-ring (bicyclic) bond motifs is 1. The van der Waals surface area contributed by atoms with Gasteiger partial charge in [-0.3, -0.25) is 9.59 Å². The number of hydrogen-bond acceptors (Lipinski definition) is 4. The molecule has 3 aromatic rings. The number of benzene rings is 3. The first-order chi connectivity index (χ1) is 15.8. The summed E-state index contributed by atoms with van der Waals surface area (Å²) in [7, 11) is 5.49. The molecule has 1 aliphatic rings. The summed E-state index contributed by atoms with van der Waals surface area (Å²) < 4.78 is 0. The van der Waals surface area contributed by atoms with Crippen LogP contribution < -0.4 is 15.5 Å². The molecule has 0 atom stereocenters. The van der Waals surface area contributed by atoms with Crippen LogP contribution in [0.3, 0.4) is 0 Å². The summed E-state index contributed by atoms with van der Waals surface area (Å²) >= 11 is 6.12. The Morgan fingerprint density at radius 3 is 2.33 bits per heavy atom. The Hall–Kier alpha value is -3.61. The Balaban J connectivity index is 1.70. The molecule has 4 rings (SSSR count). The minimum Gasteiger partial charge on any atom is -0.354 e. The van der Waals surface area contributed by atoms with Gasteiger partial charge in [-0.15, -0.1) is 0 Å². The molecular formula is C26H25ClN4O2. The van der Waals surface area contributed by atoms with Crippen LogP contribution in [0.4, 0.5) is 17.1 Å². The van der Waals surface area contributed by atoms with Crippen molar-refractivity contribution in [2.24, 2.45) is 0 Å². The maximum absolute atomic E-state index is 13.0. The number of carbonyl (C=O) groups excluding carboxylic acids is 2. The first-order valence-electron chi connectivity index (χ1n) is 10.5. The lowest BCUT2D eigenvalue weighted by Gasteiger charge is -2.20. The highest BCUT2D eigenvalue weighted by Crippen LogP contribution is 2.38. The second-order valence-corrected chi connectivity index (χ2v) is 8.56. The number of rotatable bonds is 6. The Bertz CT molecular complexity index is 1220. The normalized spacial score (nSPS) is 14.0. The molecule has 0 bridgehead atoms. The molecule has 0 fully saturated rings. The van der Waals surface area contributed by atoms with Gasteiger partial charge >= 0.3 is 0 Å². The fourth-order valence-electron chi connectivity index (χ4n) is 3.71. The number of anilines is 3. The lowest BCUT2D eigenvalue weighted by Crippen LogP contribution is -2.34. The van der Waals surface area contributed by atoms with E-state index in [0.717, 1.165) is 22.5 Å². The highest BCUT2D eigenvalue weighted by atomic mass is 35.5. The highest BCUT2D eigenvalue weighted by molar-refractivity contribution is 6.38. The smallest absolute Gasteiger partial charge is 0.258 e. The van der Waals surface area contributed by atoms with Crippen LogP contribution >= 0.6 is 11.6 Å². The quantitative estimate of drug-likeness (QED) is 0.519. The van der Waals surface area contributed by atoms with E-state index in [9.17, 15) is 9.59 Å². The zero-order valence-corrected chi connectivity index (χ0v) is 19.5. The van der Waals surface area contributed by atoms with Crippen molar-refractivity contribution in [2.45, 2.75) is 0 Å². The third-order valence-corrected chi connectivity index (χ3v) is 5.62. The first-order valence-corrected chi connectivity index (χ1v) is 10.9. The molecule has 6 nitrogen and oxygen atoms in total. The van der Waals surface area contributed by atoms with Crippen LogP contribution in [0.25, 0.3) is 11.3 Å². The van der Waals surface area contributed by atoms with Crippen molar-refractivity contribution in [2.75, 3.05) is 43.2 Å². The number of amides is 2. The molecular weight excluding hydrogens is 436 g/mol. The number of hydrogen-bond donors (Lipinski definition) is 2. The molecule has 1 aliphatic heterocycles. The summed E-state index contributed by atoms with van der Waals surface area (Å²) in [6.07, 6.45) is 0. The zero-order chi connectivity index (χ0) is 23.5. The predicted octanol–water partition coefficient (Wildman–Crippen LogP) is 4.80. The standard InChI is InChI=1S/C26H25ClN4O2/c1-30(2)16-23(32)31(3)20-12-10-19(11-13-20)28-25(17-7-5-4-6-8-17)24-21-14-9-18(27)15-22(21)29-26(24)33/h4-15,28H,16H2,1-3H3,(H,29,33)/b25-24-. The average Bonchev–Trinajstić information content (AvgIpc) is 3.12. The van der Waals surface area contributed by atoms with Gasteiger partial charge in [-0.25, -0.2) is 0 Å². The fourth-order valence-corrected chi connectivity index (χ4v) is 3.88. The fraction of sp³-hybridized carbons (Fsp3) is 0.154. The summed E-state index contributed by atoms with van der Waals surface area (Å²) in [5, 5.41) is 6.89. The molecule has 0 aliphatic carbocycles. The van der Waals surface area contributed by atoms with Crippen LogP contribution in [0.1, 0.15) is 11.1 Å². The van der Waals surface area contributed by atoms with Gasteiger partial charge in [0.1, 0.15) is 0 Å². The van der Waals surface area contributed by atoms with Crippen molar-refractivity contribution >= 4 is 51.7 Å². The summed E-state index contributed by atoms with van der Waals surface area (Å²) in [5.41, 5.74) is 5.20. The van der Waals surface area contributed by atoms with E-state index in [1.807, 2.05) is 79.7 Å². The molecule has 3 aromatic carbocycles. The largest absolute Gasteiger partial charge is 0.354 e. The summed E-state index contributed by atoms with van der Waals surface area (Å²) in [4.78, 5) is 28.8. The van der Waals surface area contributed by atoms with Crippen molar-refractivity contribution < 1.29 is 9.59 Å². The van der Waals surface area contributed by atoms with E-state index in [1.165, 1.54) is 0 Å². The van der Waals surface area contributed by atoms with Crippen LogP contribution in [-0.4, -0.2) is 44.4 Å². The van der Waals surface area contributed by atoms with Crippen molar-refractivity contribution in [3.05, 3.63) is 88.9 Å². The van der Waals surface area contributed by atoms with Crippen LogP contribution in [0.5, 0.6) is 0 Å². The van der Waals surface area contributed by atoms with Gasteiger partial charge in [-0.2, -0.15) is 0 Å². The second kappa shape index (κ2) is 9.48. The van der Waals surface area contributed by atoms with E-state index in [0.29, 0.717) is 28.5 Å². The molecule has 0 spiro atoms. The van der Waals surface area contributed by atoms with Gasteiger partial charge < -0.3 is 20.4 Å². The number of likely N-dealkylation sites (N-methyl/N-ethyl adjacent to an activating group) is 2. The maximum Gasteiger partial charge on any atom is 0.258 e. The Morgan fingerprint density at radius 1 is 0.970 bits per heavy atom. The van der Waals surface area contributed by atoms with E-state index < -0.39 is 0 Å². The lowest BCUT2D eigenvalue weighted by atomic mass is 10.00. The predicted molar refractivity (Wildman–Crippen MR) is 135 cm³/mol. The first kappa shape index (κ1) is 22.6. The van der Waals surface area contributed by atoms with Gasteiger partial charge in [0.15, 0.2) is 0 Å². The molecule has 168 valence electrons. The highest BCUT2D eigenvalue weighted by Gasteiger charge is 2.28. The molecule has 0 unspecified atom stereocenters. The Labute approximate surface area is 198 Å². The molecule has 0 radical (unpaired) electrons. The SMILES string of the molecule is CN(C)CC(=O)N(C)c1ccc(N/C(=C2\C(=O)Nc3cc(Cl)ccc32)c2ccccc2)cc1. The summed E-state index contributed by atoms with van der Waals surface area (Å²) in [6.45, 7) is 0.333. The van der Waals surface area contributed by atoms with Gasteiger partial charge in [0.05, 0.1) is 23.5 Å². The molecule has 2 amide bonds. The van der Waals surface area contributed by atoms with Crippen LogP contribution in [-0.2, 0) is 9.59 Å². The third kappa shape index (κ3) is 4.92. The lowest BCUT2D eigenvalue weighted by molar-refractivity contribution is -0.119. The van der Waals surface area contributed by atoms with Crippen molar-refractivity contribution in [1.29, 1.82) is 0 Å². The van der Waals surface area contributed by atoms with Crippen molar-refractivity contribution in [1.82, 2.24) is 4.90 Å². The molecule has 1 heterocycles. The zero-order valence-electron chi connectivity index (χ0n) is 18.7. The Kier molecular flexibility index (Phi) is 6.49. The second-order valence-electron chi connectivity index (χ2n) is 8.12. The van der Waals surface area contributed by atoms with Gasteiger partial charge in [0.25, 0.3) is 5.91 Å². The third-order valence-electron chi connectivity index (χ3n) is 5.39. The van der Waals surface area contributed by atoms with Crippen LogP contribution in [0.2, 0.25) is 5.02 Å². The van der Waals surface area contributed by atoms with Gasteiger partial charge in [0.2, 0.25) is 5.91 Å². The molecule has 2 N–H and O–H groups in total. The van der Waals surface area contributed by atoms with E-state index in [4.69, 9.17) is 11.6 Å². The van der Waals surface area contributed by atoms with E-state index in [1.54, 1.807) is 24.1 Å².